The number of hydrogen-bond donors (Lipinski definition) is 0. The van der Waals surface area contributed by atoms with Crippen LogP contribution in [0, 0.1) is 0 Å². The van der Waals surface area contributed by atoms with Crippen molar-refractivity contribution in [2.75, 3.05) is 14.2 Å². The summed E-state index contributed by atoms with van der Waals surface area (Å²) in [6, 6.07) is 8.65. The van der Waals surface area contributed by atoms with E-state index in [0.717, 1.165) is 24.3 Å². The van der Waals surface area contributed by atoms with Crippen LogP contribution in [0.3, 0.4) is 0 Å². The molecule has 0 aliphatic carbocycles. The van der Waals surface area contributed by atoms with Crippen LogP contribution in [-0.2, 0) is 28.4 Å². The van der Waals surface area contributed by atoms with Gasteiger partial charge < -0.3 is 9.47 Å². The van der Waals surface area contributed by atoms with Gasteiger partial charge >= 0.3 is 12.1 Å². The number of hydrogen-bond acceptors (Lipinski definition) is 2. The molecule has 2 aromatic carbocycles. The van der Waals surface area contributed by atoms with E-state index in [1.165, 1.54) is 38.5 Å². The highest BCUT2D eigenvalue weighted by atomic mass is 19.4. The molecule has 0 fully saturated rings. The third-order valence-corrected chi connectivity index (χ3v) is 4.11. The zero-order valence-corrected chi connectivity index (χ0v) is 14.6. The summed E-state index contributed by atoms with van der Waals surface area (Å²) >= 11 is 0. The van der Waals surface area contributed by atoms with Gasteiger partial charge in [-0.05, 0) is 11.1 Å². The second-order valence-corrected chi connectivity index (χ2v) is 5.99. The lowest BCUT2D eigenvalue weighted by Crippen LogP contribution is -2.53. The molecule has 8 heteroatoms. The third kappa shape index (κ3) is 3.96. The van der Waals surface area contributed by atoms with Crippen molar-refractivity contribution in [1.29, 1.82) is 0 Å². The predicted octanol–water partition coefficient (Wildman–Crippen LogP) is 5.39. The quantitative estimate of drug-likeness (QED) is 0.588. The standard InChI is InChI=1S/C19H18F6O2/c1-26-11-13-3-7-15(8-4-13)17(20,18(21,22)19(23,24)25)16-9-5-14(6-10-16)12-27-2/h3-10H,11-12H2,1-2H3. The van der Waals surface area contributed by atoms with Crippen LogP contribution in [0.1, 0.15) is 22.3 Å². The monoisotopic (exact) mass is 392 g/mol. The van der Waals surface area contributed by atoms with Crippen LogP contribution in [0.4, 0.5) is 26.3 Å². The van der Waals surface area contributed by atoms with Crippen molar-refractivity contribution in [3.63, 3.8) is 0 Å². The minimum atomic E-state index is -6.09. The van der Waals surface area contributed by atoms with Gasteiger partial charge in [0.2, 0.25) is 5.67 Å². The van der Waals surface area contributed by atoms with Gasteiger partial charge in [0.1, 0.15) is 0 Å². The highest BCUT2D eigenvalue weighted by Gasteiger charge is 2.72. The molecule has 0 aliphatic rings. The van der Waals surface area contributed by atoms with Gasteiger partial charge in [0.15, 0.2) is 0 Å². The highest BCUT2D eigenvalue weighted by Crippen LogP contribution is 2.54. The SMILES string of the molecule is COCc1ccc(C(F)(c2ccc(COC)cc2)C(F)(F)C(F)(F)F)cc1. The molecule has 2 rings (SSSR count). The van der Waals surface area contributed by atoms with Crippen LogP contribution in [-0.4, -0.2) is 26.3 Å². The van der Waals surface area contributed by atoms with E-state index >= 15 is 4.39 Å². The fourth-order valence-electron chi connectivity index (χ4n) is 2.72. The maximum atomic E-state index is 15.6. The van der Waals surface area contributed by atoms with Crippen molar-refractivity contribution in [1.82, 2.24) is 0 Å². The normalized spacial score (nSPS) is 13.0. The van der Waals surface area contributed by atoms with E-state index in [1.807, 2.05) is 0 Å². The Hall–Kier alpha value is -2.06. The molecule has 0 N–H and O–H groups in total. The van der Waals surface area contributed by atoms with E-state index in [-0.39, 0.29) is 13.2 Å². The summed E-state index contributed by atoms with van der Waals surface area (Å²) in [4.78, 5) is 0. The molecule has 2 nitrogen and oxygen atoms in total. The fourth-order valence-corrected chi connectivity index (χ4v) is 2.72. The number of ether oxygens (including phenoxy) is 2. The molecule has 2 aromatic rings. The predicted molar refractivity (Wildman–Crippen MR) is 87.2 cm³/mol. The molecule has 0 radical (unpaired) electrons. The van der Waals surface area contributed by atoms with Crippen molar-refractivity contribution in [3.05, 3.63) is 70.8 Å². The summed E-state index contributed by atoms with van der Waals surface area (Å²) in [7, 11) is 2.79. The number of benzene rings is 2. The van der Waals surface area contributed by atoms with Gasteiger partial charge in [-0.1, -0.05) is 48.5 Å². The summed E-state index contributed by atoms with van der Waals surface area (Å²) in [5.41, 5.74) is -4.68. The maximum Gasteiger partial charge on any atom is 0.457 e. The van der Waals surface area contributed by atoms with Crippen LogP contribution in [0.5, 0.6) is 0 Å². The van der Waals surface area contributed by atoms with Gasteiger partial charge in [0, 0.05) is 25.3 Å². The Bertz CT molecular complexity index is 689. The largest absolute Gasteiger partial charge is 0.457 e. The van der Waals surface area contributed by atoms with E-state index in [9.17, 15) is 22.0 Å². The Morgan fingerprint density at radius 1 is 0.630 bits per heavy atom. The number of rotatable bonds is 7. The van der Waals surface area contributed by atoms with Gasteiger partial charge in [-0.2, -0.15) is 22.0 Å². The molecule has 0 amide bonds. The number of alkyl halides is 6. The zero-order valence-electron chi connectivity index (χ0n) is 14.6. The Morgan fingerprint density at radius 2 is 0.963 bits per heavy atom. The molecule has 0 aromatic heterocycles. The van der Waals surface area contributed by atoms with Crippen LogP contribution < -0.4 is 0 Å². The lowest BCUT2D eigenvalue weighted by molar-refractivity contribution is -0.323. The van der Waals surface area contributed by atoms with Crippen molar-refractivity contribution in [2.45, 2.75) is 31.0 Å². The summed E-state index contributed by atoms with van der Waals surface area (Å²) < 4.78 is 93.2. The summed E-state index contributed by atoms with van der Waals surface area (Å²) in [5, 5.41) is 0. The molecule has 148 valence electrons. The smallest absolute Gasteiger partial charge is 0.380 e. The van der Waals surface area contributed by atoms with E-state index in [0.29, 0.717) is 11.1 Å². The van der Waals surface area contributed by atoms with E-state index in [1.54, 1.807) is 0 Å². The Kier molecular flexibility index (Phi) is 6.21. The second kappa shape index (κ2) is 7.90. The Balaban J connectivity index is 2.61. The first-order chi connectivity index (χ1) is 12.6. The first-order valence-corrected chi connectivity index (χ1v) is 7.88. The third-order valence-electron chi connectivity index (χ3n) is 4.11. The van der Waals surface area contributed by atoms with Gasteiger partial charge in [0.25, 0.3) is 0 Å². The molecule has 0 atom stereocenters. The molecular formula is C19H18F6O2. The summed E-state index contributed by atoms with van der Waals surface area (Å²) in [6.07, 6.45) is -6.09. The van der Waals surface area contributed by atoms with E-state index in [2.05, 4.69) is 0 Å². The van der Waals surface area contributed by atoms with Gasteiger partial charge in [-0.25, -0.2) is 4.39 Å². The van der Waals surface area contributed by atoms with Crippen LogP contribution >= 0.6 is 0 Å². The number of halogens is 6. The molecule has 0 saturated heterocycles. The molecule has 0 bridgehead atoms. The minimum Gasteiger partial charge on any atom is -0.380 e. The van der Waals surface area contributed by atoms with Crippen molar-refractivity contribution in [2.24, 2.45) is 0 Å². The molecule has 0 heterocycles. The number of methoxy groups -OCH3 is 2. The average Bonchev–Trinajstić information content (AvgIpc) is 2.62. The van der Waals surface area contributed by atoms with Crippen LogP contribution in [0.25, 0.3) is 0 Å². The van der Waals surface area contributed by atoms with Crippen LogP contribution in [0.15, 0.2) is 48.5 Å². The fraction of sp³-hybridized carbons (Fsp3) is 0.368. The summed E-state index contributed by atoms with van der Waals surface area (Å²) in [6.45, 7) is 0.224. The summed E-state index contributed by atoms with van der Waals surface area (Å²) in [5.74, 6) is -5.65. The lowest BCUT2D eigenvalue weighted by Gasteiger charge is -2.35. The lowest BCUT2D eigenvalue weighted by atomic mass is 9.81. The molecule has 0 unspecified atom stereocenters. The molecule has 0 aliphatic heterocycles. The second-order valence-electron chi connectivity index (χ2n) is 5.99. The highest BCUT2D eigenvalue weighted by molar-refractivity contribution is 5.42. The topological polar surface area (TPSA) is 18.5 Å². The average molecular weight is 392 g/mol. The van der Waals surface area contributed by atoms with Gasteiger partial charge in [-0.15, -0.1) is 0 Å². The molecule has 0 saturated carbocycles. The molecule has 0 spiro atoms. The first kappa shape index (κ1) is 21.2. The van der Waals surface area contributed by atoms with Crippen molar-refractivity contribution >= 4 is 0 Å². The van der Waals surface area contributed by atoms with Gasteiger partial charge in [-0.3, -0.25) is 0 Å². The van der Waals surface area contributed by atoms with Crippen molar-refractivity contribution in [3.8, 4) is 0 Å². The first-order valence-electron chi connectivity index (χ1n) is 7.88. The maximum absolute atomic E-state index is 15.6. The van der Waals surface area contributed by atoms with E-state index < -0.39 is 28.9 Å². The zero-order chi connectivity index (χ0) is 20.3. The Labute approximate surface area is 152 Å². The van der Waals surface area contributed by atoms with Gasteiger partial charge in [0.05, 0.1) is 13.2 Å². The van der Waals surface area contributed by atoms with Crippen LogP contribution in [0.2, 0.25) is 0 Å². The molecule has 27 heavy (non-hydrogen) atoms. The minimum absolute atomic E-state index is 0.112. The Morgan fingerprint density at radius 3 is 1.22 bits per heavy atom. The molecular weight excluding hydrogens is 374 g/mol. The van der Waals surface area contributed by atoms with E-state index in [4.69, 9.17) is 9.47 Å². The van der Waals surface area contributed by atoms with Crippen molar-refractivity contribution < 1.29 is 35.8 Å².